The first-order chi connectivity index (χ1) is 18.3. The van der Waals surface area contributed by atoms with Crippen molar-refractivity contribution in [3.63, 3.8) is 0 Å². The van der Waals surface area contributed by atoms with Crippen LogP contribution < -0.4 is 0 Å². The maximum Gasteiger partial charge on any atom is 0.187 e. The summed E-state index contributed by atoms with van der Waals surface area (Å²) in [6.45, 7) is 4.58. The van der Waals surface area contributed by atoms with Crippen molar-refractivity contribution in [3.8, 4) is 0 Å². The van der Waals surface area contributed by atoms with Crippen LogP contribution in [0.2, 0.25) is 0 Å². The van der Waals surface area contributed by atoms with Gasteiger partial charge in [0.15, 0.2) is 12.6 Å². The van der Waals surface area contributed by atoms with Gasteiger partial charge in [-0.2, -0.15) is 0 Å². The van der Waals surface area contributed by atoms with E-state index in [-0.39, 0.29) is 5.92 Å². The Bertz CT molecular complexity index is 767. The minimum atomic E-state index is -1.42. The van der Waals surface area contributed by atoms with Crippen LogP contribution in [0.15, 0.2) is 0 Å². The molecule has 4 saturated heterocycles. The number of fused-ring (bicyclic) bond motifs is 1. The molecule has 5 fully saturated rings. The maximum atomic E-state index is 11.0. The van der Waals surface area contributed by atoms with Crippen LogP contribution in [0.25, 0.3) is 0 Å². The highest BCUT2D eigenvalue weighted by atomic mass is 16.7. The summed E-state index contributed by atoms with van der Waals surface area (Å²) in [5.41, 5.74) is -0.490. The second-order valence-electron chi connectivity index (χ2n) is 11.5. The van der Waals surface area contributed by atoms with Gasteiger partial charge in [0.25, 0.3) is 0 Å². The smallest absolute Gasteiger partial charge is 0.187 e. The molecule has 0 radical (unpaired) electrons. The average Bonchev–Trinajstić information content (AvgIpc) is 2.87. The molecule has 4 aliphatic heterocycles. The predicted molar refractivity (Wildman–Crippen MR) is 129 cm³/mol. The molecule has 1 saturated carbocycles. The molecule has 5 rings (SSSR count). The van der Waals surface area contributed by atoms with E-state index in [1.165, 1.54) is 0 Å². The zero-order valence-electron chi connectivity index (χ0n) is 22.2. The van der Waals surface area contributed by atoms with Gasteiger partial charge in [-0.1, -0.05) is 19.8 Å². The van der Waals surface area contributed by atoms with Gasteiger partial charge in [0.1, 0.15) is 48.3 Å². The van der Waals surface area contributed by atoms with Gasteiger partial charge in [-0.3, -0.25) is 0 Å². The summed E-state index contributed by atoms with van der Waals surface area (Å²) in [6.07, 6.45) is -6.63. The van der Waals surface area contributed by atoms with Crippen LogP contribution in [0, 0.1) is 5.92 Å². The normalized spacial score (nSPS) is 49.5. The van der Waals surface area contributed by atoms with Gasteiger partial charge in [-0.05, 0) is 38.5 Å². The molecule has 38 heavy (non-hydrogen) atoms. The van der Waals surface area contributed by atoms with Crippen molar-refractivity contribution in [1.82, 2.24) is 0 Å². The lowest BCUT2D eigenvalue weighted by atomic mass is 9.82. The van der Waals surface area contributed by atoms with Gasteiger partial charge >= 0.3 is 0 Å². The maximum absolute atomic E-state index is 11.0. The van der Waals surface area contributed by atoms with Crippen LogP contribution in [0.4, 0.5) is 0 Å². The lowest BCUT2D eigenvalue weighted by Crippen LogP contribution is -2.67. The largest absolute Gasteiger partial charge is 0.394 e. The molecule has 0 aromatic rings. The number of aliphatic hydroxyl groups is 5. The Morgan fingerprint density at radius 2 is 1.66 bits per heavy atom. The molecule has 220 valence electrons. The van der Waals surface area contributed by atoms with Gasteiger partial charge in [0.05, 0.1) is 38.1 Å². The first-order valence-electron chi connectivity index (χ1n) is 14.1. The molecule has 4 heterocycles. The van der Waals surface area contributed by atoms with Crippen LogP contribution in [0.3, 0.4) is 0 Å². The lowest BCUT2D eigenvalue weighted by Gasteiger charge is -2.52. The molecule has 0 aromatic carbocycles. The topological polar surface area (TPSA) is 166 Å². The van der Waals surface area contributed by atoms with E-state index >= 15 is 0 Å². The van der Waals surface area contributed by atoms with Crippen LogP contribution in [0.1, 0.15) is 52.4 Å². The lowest BCUT2D eigenvalue weighted by molar-refractivity contribution is -0.370. The van der Waals surface area contributed by atoms with Crippen molar-refractivity contribution >= 4 is 0 Å². The van der Waals surface area contributed by atoms with Crippen molar-refractivity contribution in [3.05, 3.63) is 0 Å². The molecule has 0 aromatic heterocycles. The van der Waals surface area contributed by atoms with Crippen molar-refractivity contribution in [1.29, 1.82) is 0 Å². The zero-order valence-corrected chi connectivity index (χ0v) is 22.2. The second-order valence-corrected chi connectivity index (χ2v) is 11.5. The molecule has 1 spiro atoms. The number of aliphatic hydroxyl groups excluding tert-OH is 5. The van der Waals surface area contributed by atoms with E-state index in [4.69, 9.17) is 33.2 Å². The molecular weight excluding hydrogens is 504 g/mol. The van der Waals surface area contributed by atoms with E-state index in [1.807, 2.05) is 0 Å². The fourth-order valence-electron chi connectivity index (χ4n) is 6.41. The fourth-order valence-corrected chi connectivity index (χ4v) is 6.41. The van der Waals surface area contributed by atoms with E-state index in [1.54, 1.807) is 6.92 Å². The first-order valence-corrected chi connectivity index (χ1v) is 14.1. The van der Waals surface area contributed by atoms with Crippen molar-refractivity contribution in [2.45, 2.75) is 132 Å². The Kier molecular flexibility index (Phi) is 9.30. The van der Waals surface area contributed by atoms with Crippen molar-refractivity contribution in [2.75, 3.05) is 26.4 Å². The van der Waals surface area contributed by atoms with Crippen molar-refractivity contribution < 1.29 is 58.7 Å². The zero-order chi connectivity index (χ0) is 27.0. The van der Waals surface area contributed by atoms with Crippen molar-refractivity contribution in [2.24, 2.45) is 5.92 Å². The predicted octanol–water partition coefficient (Wildman–Crippen LogP) is -0.794. The van der Waals surface area contributed by atoms with Gasteiger partial charge in [-0.15, -0.1) is 0 Å². The Morgan fingerprint density at radius 3 is 2.34 bits per heavy atom. The third-order valence-electron chi connectivity index (χ3n) is 8.83. The third kappa shape index (κ3) is 5.65. The fraction of sp³-hybridized carbons (Fsp3) is 1.00. The molecule has 13 unspecified atom stereocenters. The monoisotopic (exact) mass is 548 g/mol. The highest BCUT2D eigenvalue weighted by Gasteiger charge is 2.54. The number of rotatable bonds is 6. The molecule has 12 nitrogen and oxygen atoms in total. The summed E-state index contributed by atoms with van der Waals surface area (Å²) in [7, 11) is 0. The summed E-state index contributed by atoms with van der Waals surface area (Å²) in [6, 6.07) is 0. The molecular formula is C26H44O12. The van der Waals surface area contributed by atoms with E-state index in [0.29, 0.717) is 26.2 Å². The number of ether oxygens (including phenoxy) is 7. The van der Waals surface area contributed by atoms with Crippen LogP contribution in [-0.2, 0) is 33.2 Å². The van der Waals surface area contributed by atoms with Gasteiger partial charge < -0.3 is 58.7 Å². The number of hydrogen-bond donors (Lipinski definition) is 5. The van der Waals surface area contributed by atoms with E-state index in [9.17, 15) is 25.5 Å². The minimum absolute atomic E-state index is 0.0901. The standard InChI is InChI=1S/C26H44O12/c1-3-14-6-4-7-15(21(14)37-24-20(31)19(30)17(28)13(2)34-24)35-25-23-22(18(29)16(10-27)36-25)38-26(11-32-12-26)8-5-9-33-23/h13-25,27-31H,3-12H2,1-2H3. The molecule has 1 aliphatic carbocycles. The summed E-state index contributed by atoms with van der Waals surface area (Å²) in [4.78, 5) is 0. The highest BCUT2D eigenvalue weighted by Crippen LogP contribution is 2.40. The Balaban J connectivity index is 1.35. The summed E-state index contributed by atoms with van der Waals surface area (Å²) in [5, 5.41) is 51.9. The minimum Gasteiger partial charge on any atom is -0.394 e. The molecule has 0 bridgehead atoms. The molecule has 13 atom stereocenters. The van der Waals surface area contributed by atoms with Gasteiger partial charge in [0, 0.05) is 6.61 Å². The number of hydrogen-bond acceptors (Lipinski definition) is 12. The second kappa shape index (κ2) is 12.2. The Hall–Kier alpha value is -0.480. The quantitative estimate of drug-likeness (QED) is 0.281. The summed E-state index contributed by atoms with van der Waals surface area (Å²) >= 11 is 0. The van der Waals surface area contributed by atoms with Crippen LogP contribution >= 0.6 is 0 Å². The van der Waals surface area contributed by atoms with Gasteiger partial charge in [0.2, 0.25) is 0 Å². The average molecular weight is 549 g/mol. The van der Waals surface area contributed by atoms with Crippen LogP contribution in [-0.4, -0.2) is 131 Å². The molecule has 12 heteroatoms. The SMILES string of the molecule is CCC1CCCC(OC2OC(CO)C(O)C3OC4(CCCOC23)COC4)C1OC1OC(C)C(O)C(O)C1O. The molecule has 0 amide bonds. The molecule has 5 aliphatic rings. The Morgan fingerprint density at radius 1 is 0.868 bits per heavy atom. The Labute approximate surface area is 223 Å². The van der Waals surface area contributed by atoms with Crippen LogP contribution in [0.5, 0.6) is 0 Å². The summed E-state index contributed by atoms with van der Waals surface area (Å²) < 4.78 is 42.6. The van der Waals surface area contributed by atoms with Gasteiger partial charge in [-0.25, -0.2) is 0 Å². The van der Waals surface area contributed by atoms with E-state index < -0.39 is 85.8 Å². The first kappa shape index (κ1) is 29.0. The molecule has 5 N–H and O–H groups in total. The third-order valence-corrected chi connectivity index (χ3v) is 8.83. The van der Waals surface area contributed by atoms with E-state index in [2.05, 4.69) is 6.92 Å². The highest BCUT2D eigenvalue weighted by molar-refractivity contribution is 4.99. The van der Waals surface area contributed by atoms with E-state index in [0.717, 1.165) is 32.1 Å². The summed E-state index contributed by atoms with van der Waals surface area (Å²) in [5.74, 6) is 0.0901.